The summed E-state index contributed by atoms with van der Waals surface area (Å²) in [7, 11) is 3.60. The predicted octanol–water partition coefficient (Wildman–Crippen LogP) is 2.71. The lowest BCUT2D eigenvalue weighted by atomic mass is 9.87. The monoisotopic (exact) mass is 366 g/mol. The minimum absolute atomic E-state index is 0.0736. The van der Waals surface area contributed by atoms with Crippen molar-refractivity contribution in [2.75, 3.05) is 39.5 Å². The number of hydrogen-bond donors (Lipinski definition) is 1. The van der Waals surface area contributed by atoms with E-state index in [1.54, 1.807) is 19.0 Å². The molecule has 1 aliphatic heterocycles. The van der Waals surface area contributed by atoms with Gasteiger partial charge in [-0.3, -0.25) is 4.79 Å². The summed E-state index contributed by atoms with van der Waals surface area (Å²) in [4.78, 5) is 20.8. The first-order valence-corrected chi connectivity index (χ1v) is 11.0. The summed E-state index contributed by atoms with van der Waals surface area (Å²) in [5.74, 6) is 2.23. The van der Waals surface area contributed by atoms with Gasteiger partial charge in [0, 0.05) is 43.7 Å². The Labute approximate surface area is 157 Å². The van der Waals surface area contributed by atoms with E-state index in [9.17, 15) is 4.79 Å². The van der Waals surface area contributed by atoms with Crippen LogP contribution in [0.1, 0.15) is 57.8 Å². The average molecular weight is 367 g/mol. The highest BCUT2D eigenvalue weighted by atomic mass is 32.2. The fourth-order valence-corrected chi connectivity index (χ4v) is 5.87. The van der Waals surface area contributed by atoms with Gasteiger partial charge in [0.15, 0.2) is 5.96 Å². The van der Waals surface area contributed by atoms with Crippen LogP contribution in [-0.4, -0.2) is 71.9 Å². The van der Waals surface area contributed by atoms with Crippen LogP contribution in [0.2, 0.25) is 0 Å². The van der Waals surface area contributed by atoms with Gasteiger partial charge >= 0.3 is 0 Å². The van der Waals surface area contributed by atoms with Crippen LogP contribution in [-0.2, 0) is 4.79 Å². The summed E-state index contributed by atoms with van der Waals surface area (Å²) >= 11 is 2.18. The second-order valence-electron chi connectivity index (χ2n) is 8.07. The molecule has 1 spiro atoms. The van der Waals surface area contributed by atoms with E-state index in [2.05, 4.69) is 22.0 Å². The Kier molecular flexibility index (Phi) is 6.53. The van der Waals surface area contributed by atoms with E-state index in [1.807, 2.05) is 0 Å². The number of hydrogen-bond acceptors (Lipinski definition) is 3. The molecule has 1 amide bonds. The molecule has 1 heterocycles. The number of amides is 1. The number of guanidine groups is 1. The topological polar surface area (TPSA) is 47.9 Å². The Morgan fingerprint density at radius 2 is 1.92 bits per heavy atom. The minimum Gasteiger partial charge on any atom is -0.353 e. The molecule has 0 radical (unpaired) electrons. The standard InChI is InChI=1S/C19H34N4OS/c1-22(2)17(24)14-20-18(21-16-8-4-5-9-16)23-12-13-25-19(15-23)10-6-3-7-11-19/h16H,3-15H2,1-2H3,(H,20,21). The van der Waals surface area contributed by atoms with E-state index >= 15 is 0 Å². The third-order valence-corrected chi connectivity index (χ3v) is 7.40. The van der Waals surface area contributed by atoms with Crippen molar-refractivity contribution in [2.45, 2.75) is 68.6 Å². The molecule has 0 aromatic rings. The second-order valence-corrected chi connectivity index (χ2v) is 9.63. The average Bonchev–Trinajstić information content (AvgIpc) is 3.12. The molecule has 6 heteroatoms. The Hall–Kier alpha value is -0.910. The maximum Gasteiger partial charge on any atom is 0.243 e. The molecule has 1 N–H and O–H groups in total. The van der Waals surface area contributed by atoms with Crippen molar-refractivity contribution in [3.8, 4) is 0 Å². The molecule has 3 fully saturated rings. The minimum atomic E-state index is 0.0736. The number of carbonyl (C=O) groups excluding carboxylic acids is 1. The molecule has 5 nitrogen and oxygen atoms in total. The molecule has 25 heavy (non-hydrogen) atoms. The van der Waals surface area contributed by atoms with Gasteiger partial charge in [-0.05, 0) is 25.7 Å². The smallest absolute Gasteiger partial charge is 0.243 e. The number of aliphatic imine (C=N–C) groups is 1. The first kappa shape index (κ1) is 18.9. The first-order chi connectivity index (χ1) is 12.1. The SMILES string of the molecule is CN(C)C(=O)CN=C(NC1CCCC1)N1CCSC2(CCCCC2)C1. The lowest BCUT2D eigenvalue weighted by Crippen LogP contribution is -2.55. The van der Waals surface area contributed by atoms with E-state index < -0.39 is 0 Å². The van der Waals surface area contributed by atoms with Gasteiger partial charge in [0.05, 0.1) is 0 Å². The zero-order valence-electron chi connectivity index (χ0n) is 15.9. The Balaban J connectivity index is 1.70. The Bertz CT molecular complexity index is 476. The van der Waals surface area contributed by atoms with Crippen molar-refractivity contribution in [1.29, 1.82) is 0 Å². The largest absolute Gasteiger partial charge is 0.353 e. The molecule has 0 atom stereocenters. The third kappa shape index (κ3) is 5.05. The number of carbonyl (C=O) groups is 1. The van der Waals surface area contributed by atoms with Crippen LogP contribution in [0, 0.1) is 0 Å². The maximum atomic E-state index is 12.0. The molecule has 0 aromatic heterocycles. The summed E-state index contributed by atoms with van der Waals surface area (Å²) in [6.07, 6.45) is 11.9. The van der Waals surface area contributed by atoms with Gasteiger partial charge in [0.1, 0.15) is 6.54 Å². The highest BCUT2D eigenvalue weighted by Crippen LogP contribution is 2.42. The normalized spacial score (nSPS) is 24.6. The van der Waals surface area contributed by atoms with Gasteiger partial charge in [-0.1, -0.05) is 32.1 Å². The number of rotatable bonds is 3. The molecule has 3 rings (SSSR count). The van der Waals surface area contributed by atoms with Crippen molar-refractivity contribution in [2.24, 2.45) is 4.99 Å². The molecular weight excluding hydrogens is 332 g/mol. The van der Waals surface area contributed by atoms with E-state index in [1.165, 1.54) is 63.5 Å². The van der Waals surface area contributed by atoms with Gasteiger partial charge in [0.25, 0.3) is 0 Å². The fraction of sp³-hybridized carbons (Fsp3) is 0.895. The molecule has 3 aliphatic rings. The van der Waals surface area contributed by atoms with Gasteiger partial charge in [-0.15, -0.1) is 0 Å². The summed E-state index contributed by atoms with van der Waals surface area (Å²) in [6, 6.07) is 0.532. The lowest BCUT2D eigenvalue weighted by Gasteiger charge is -2.46. The van der Waals surface area contributed by atoms with Crippen molar-refractivity contribution >= 4 is 23.6 Å². The molecule has 0 unspecified atom stereocenters. The quantitative estimate of drug-likeness (QED) is 0.616. The molecule has 142 valence electrons. The van der Waals surface area contributed by atoms with Gasteiger partial charge < -0.3 is 15.1 Å². The third-order valence-electron chi connectivity index (χ3n) is 5.86. The number of thioether (sulfide) groups is 1. The van der Waals surface area contributed by atoms with Crippen LogP contribution in [0.15, 0.2) is 4.99 Å². The molecule has 0 aromatic carbocycles. The van der Waals surface area contributed by atoms with E-state index in [-0.39, 0.29) is 12.5 Å². The second kappa shape index (κ2) is 8.65. The first-order valence-electron chi connectivity index (χ1n) is 9.98. The summed E-state index contributed by atoms with van der Waals surface area (Å²) in [5.41, 5.74) is 0. The predicted molar refractivity (Wildman–Crippen MR) is 106 cm³/mol. The van der Waals surface area contributed by atoms with Gasteiger partial charge in [0.2, 0.25) is 5.91 Å². The van der Waals surface area contributed by atoms with Gasteiger partial charge in [-0.2, -0.15) is 11.8 Å². The molecule has 0 bridgehead atoms. The molecular formula is C19H34N4OS. The maximum absolute atomic E-state index is 12.0. The van der Waals surface area contributed by atoms with Crippen molar-refractivity contribution in [3.05, 3.63) is 0 Å². The van der Waals surface area contributed by atoms with Crippen LogP contribution in [0.5, 0.6) is 0 Å². The van der Waals surface area contributed by atoms with Crippen LogP contribution in [0.4, 0.5) is 0 Å². The van der Waals surface area contributed by atoms with Gasteiger partial charge in [-0.25, -0.2) is 4.99 Å². The highest BCUT2D eigenvalue weighted by molar-refractivity contribution is 8.00. The number of nitrogens with one attached hydrogen (secondary N) is 1. The van der Waals surface area contributed by atoms with Crippen LogP contribution < -0.4 is 5.32 Å². The molecule has 2 aliphatic carbocycles. The van der Waals surface area contributed by atoms with E-state index in [4.69, 9.17) is 4.99 Å². The number of nitrogens with zero attached hydrogens (tertiary/aromatic N) is 3. The molecule has 1 saturated heterocycles. The van der Waals surface area contributed by atoms with Crippen molar-refractivity contribution < 1.29 is 4.79 Å². The van der Waals surface area contributed by atoms with Crippen molar-refractivity contribution in [3.63, 3.8) is 0 Å². The Morgan fingerprint density at radius 1 is 1.20 bits per heavy atom. The van der Waals surface area contributed by atoms with E-state index in [0.29, 0.717) is 10.8 Å². The van der Waals surface area contributed by atoms with Crippen LogP contribution in [0.3, 0.4) is 0 Å². The summed E-state index contributed by atoms with van der Waals surface area (Å²) < 4.78 is 0.417. The van der Waals surface area contributed by atoms with Crippen LogP contribution in [0.25, 0.3) is 0 Å². The zero-order valence-corrected chi connectivity index (χ0v) is 16.7. The number of likely N-dealkylation sites (N-methyl/N-ethyl adjacent to an activating group) is 1. The van der Waals surface area contributed by atoms with E-state index in [0.717, 1.165) is 19.0 Å². The zero-order chi connectivity index (χ0) is 17.7. The lowest BCUT2D eigenvalue weighted by molar-refractivity contribution is -0.127. The summed E-state index contributed by atoms with van der Waals surface area (Å²) in [6.45, 7) is 2.38. The molecule has 2 saturated carbocycles. The summed E-state index contributed by atoms with van der Waals surface area (Å²) in [5, 5.41) is 3.70. The van der Waals surface area contributed by atoms with Crippen molar-refractivity contribution in [1.82, 2.24) is 15.1 Å². The Morgan fingerprint density at radius 3 is 2.60 bits per heavy atom. The fourth-order valence-electron chi connectivity index (χ4n) is 4.30. The van der Waals surface area contributed by atoms with Crippen LogP contribution >= 0.6 is 11.8 Å². The highest BCUT2D eigenvalue weighted by Gasteiger charge is 2.38.